The molecule has 3 N–H and O–H groups in total. The largest absolute Gasteiger partial charge is 0.493 e. The number of ether oxygens (including phenoxy) is 1. The Balaban J connectivity index is 1.51. The monoisotopic (exact) mass is 330 g/mol. The van der Waals surface area contributed by atoms with E-state index in [4.69, 9.17) is 10.5 Å². The molecule has 2 aliphatic heterocycles. The summed E-state index contributed by atoms with van der Waals surface area (Å²) in [7, 11) is 0. The number of nitrogens with two attached hydrogens (primary N) is 1. The molecule has 1 fully saturated rings. The molecule has 132 valence electrons. The fraction of sp³-hybridized carbons (Fsp3) is 0.632. The minimum absolute atomic E-state index is 0.194. The molecule has 2 heterocycles. The van der Waals surface area contributed by atoms with Gasteiger partial charge in [0.15, 0.2) is 5.96 Å². The molecule has 0 spiro atoms. The molecule has 2 unspecified atom stereocenters. The predicted molar refractivity (Wildman–Crippen MR) is 98.3 cm³/mol. The highest BCUT2D eigenvalue weighted by Crippen LogP contribution is 2.31. The lowest BCUT2D eigenvalue weighted by molar-refractivity contribution is 0.262. The number of likely N-dealkylation sites (tertiary alicyclic amines) is 1. The smallest absolute Gasteiger partial charge is 0.189 e. The predicted octanol–water partition coefficient (Wildman–Crippen LogP) is 2.39. The van der Waals surface area contributed by atoms with Crippen LogP contribution in [-0.2, 0) is 0 Å². The summed E-state index contributed by atoms with van der Waals surface area (Å²) in [4.78, 5) is 7.15. The Labute approximate surface area is 145 Å². The Kier molecular flexibility index (Phi) is 5.61. The van der Waals surface area contributed by atoms with Crippen LogP contribution < -0.4 is 15.8 Å². The van der Waals surface area contributed by atoms with Crippen molar-refractivity contribution < 1.29 is 4.74 Å². The van der Waals surface area contributed by atoms with Crippen LogP contribution in [-0.4, -0.2) is 43.6 Å². The van der Waals surface area contributed by atoms with Crippen LogP contribution in [0.2, 0.25) is 0 Å². The molecule has 0 amide bonds. The van der Waals surface area contributed by atoms with Gasteiger partial charge in [-0.05, 0) is 30.9 Å². The number of nitrogens with one attached hydrogen (secondary N) is 1. The Bertz CT molecular complexity index is 572. The average Bonchev–Trinajstić information content (AvgIpc) is 3.00. The van der Waals surface area contributed by atoms with Gasteiger partial charge in [0.1, 0.15) is 5.75 Å². The molecular weight excluding hydrogens is 300 g/mol. The molecule has 0 saturated carbocycles. The van der Waals surface area contributed by atoms with Crippen molar-refractivity contribution in [2.24, 2.45) is 22.6 Å². The normalized spacial score (nSPS) is 24.7. The minimum atomic E-state index is 0.194. The maximum atomic E-state index is 6.14. The van der Waals surface area contributed by atoms with Crippen molar-refractivity contribution in [1.82, 2.24) is 10.2 Å². The van der Waals surface area contributed by atoms with Crippen molar-refractivity contribution in [2.45, 2.75) is 32.7 Å². The van der Waals surface area contributed by atoms with Gasteiger partial charge in [0.25, 0.3) is 0 Å². The van der Waals surface area contributed by atoms with Crippen LogP contribution in [0.25, 0.3) is 0 Å². The molecule has 5 heteroatoms. The summed E-state index contributed by atoms with van der Waals surface area (Å²) < 4.78 is 5.69. The molecule has 0 radical (unpaired) electrons. The molecule has 1 aromatic carbocycles. The van der Waals surface area contributed by atoms with Gasteiger partial charge in [0.2, 0.25) is 0 Å². The quantitative estimate of drug-likeness (QED) is 0.643. The molecule has 3 rings (SSSR count). The zero-order valence-electron chi connectivity index (χ0n) is 14.9. The SMILES string of the molecule is CC(C)CN1CCC(CN=C(N)NC2CCOc3ccccc32)C1. The number of aliphatic imine (C=N–C) groups is 1. The standard InChI is InChI=1S/C19H30N4O/c1-14(2)12-23-9-7-15(13-23)11-21-19(20)22-17-8-10-24-18-6-4-3-5-16(17)18/h3-6,14-15,17H,7-13H2,1-2H3,(H3,20,21,22). The van der Waals surface area contributed by atoms with E-state index in [1.165, 1.54) is 25.1 Å². The summed E-state index contributed by atoms with van der Waals surface area (Å²) in [5.41, 5.74) is 7.31. The topological polar surface area (TPSA) is 62.9 Å². The van der Waals surface area contributed by atoms with E-state index < -0.39 is 0 Å². The lowest BCUT2D eigenvalue weighted by Gasteiger charge is -2.27. The zero-order chi connectivity index (χ0) is 16.9. The van der Waals surface area contributed by atoms with Gasteiger partial charge in [0, 0.05) is 31.6 Å². The summed E-state index contributed by atoms with van der Waals surface area (Å²) in [5.74, 6) is 2.87. The first kappa shape index (κ1) is 17.1. The fourth-order valence-corrected chi connectivity index (χ4v) is 3.69. The molecule has 2 aliphatic rings. The second-order valence-corrected chi connectivity index (χ2v) is 7.41. The van der Waals surface area contributed by atoms with Crippen LogP contribution in [0.15, 0.2) is 29.3 Å². The van der Waals surface area contributed by atoms with E-state index in [1.54, 1.807) is 0 Å². The first-order valence-corrected chi connectivity index (χ1v) is 9.12. The summed E-state index contributed by atoms with van der Waals surface area (Å²) in [5, 5.41) is 3.38. The van der Waals surface area contributed by atoms with E-state index in [1.807, 2.05) is 18.2 Å². The summed E-state index contributed by atoms with van der Waals surface area (Å²) >= 11 is 0. The Morgan fingerprint density at radius 1 is 1.38 bits per heavy atom. The Morgan fingerprint density at radius 3 is 3.04 bits per heavy atom. The zero-order valence-corrected chi connectivity index (χ0v) is 14.9. The van der Waals surface area contributed by atoms with Crippen molar-refractivity contribution in [3.63, 3.8) is 0 Å². The molecule has 0 aliphatic carbocycles. The number of guanidine groups is 1. The van der Waals surface area contributed by atoms with Crippen molar-refractivity contribution in [2.75, 3.05) is 32.8 Å². The number of rotatable bonds is 5. The number of hydrogen-bond acceptors (Lipinski definition) is 3. The van der Waals surface area contributed by atoms with E-state index in [9.17, 15) is 0 Å². The second-order valence-electron chi connectivity index (χ2n) is 7.41. The van der Waals surface area contributed by atoms with Crippen LogP contribution in [0.1, 0.15) is 38.3 Å². The van der Waals surface area contributed by atoms with Gasteiger partial charge >= 0.3 is 0 Å². The molecule has 1 saturated heterocycles. The van der Waals surface area contributed by atoms with Gasteiger partial charge in [-0.1, -0.05) is 32.0 Å². The van der Waals surface area contributed by atoms with Crippen LogP contribution in [0.4, 0.5) is 0 Å². The Morgan fingerprint density at radius 2 is 2.21 bits per heavy atom. The number of nitrogens with zero attached hydrogens (tertiary/aromatic N) is 2. The van der Waals surface area contributed by atoms with Crippen molar-refractivity contribution in [3.8, 4) is 5.75 Å². The molecule has 1 aromatic rings. The van der Waals surface area contributed by atoms with Gasteiger partial charge in [-0.3, -0.25) is 4.99 Å². The summed E-state index contributed by atoms with van der Waals surface area (Å²) in [6.45, 7) is 9.62. The van der Waals surface area contributed by atoms with Crippen LogP contribution in [0.5, 0.6) is 5.75 Å². The van der Waals surface area contributed by atoms with E-state index in [0.717, 1.165) is 37.8 Å². The maximum absolute atomic E-state index is 6.14. The van der Waals surface area contributed by atoms with E-state index >= 15 is 0 Å². The number of hydrogen-bond donors (Lipinski definition) is 2. The summed E-state index contributed by atoms with van der Waals surface area (Å²) in [6, 6.07) is 8.34. The Hall–Kier alpha value is -1.75. The lowest BCUT2D eigenvalue weighted by Crippen LogP contribution is -2.37. The third-order valence-electron chi connectivity index (χ3n) is 4.79. The molecule has 24 heavy (non-hydrogen) atoms. The van der Waals surface area contributed by atoms with Crippen molar-refractivity contribution >= 4 is 5.96 Å². The highest BCUT2D eigenvalue weighted by Gasteiger charge is 2.23. The van der Waals surface area contributed by atoms with Crippen LogP contribution in [0.3, 0.4) is 0 Å². The third-order valence-corrected chi connectivity index (χ3v) is 4.79. The minimum Gasteiger partial charge on any atom is -0.493 e. The first-order chi connectivity index (χ1) is 11.6. The van der Waals surface area contributed by atoms with Gasteiger partial charge in [-0.15, -0.1) is 0 Å². The highest BCUT2D eigenvalue weighted by atomic mass is 16.5. The van der Waals surface area contributed by atoms with Gasteiger partial charge in [0.05, 0.1) is 12.6 Å². The average molecular weight is 330 g/mol. The van der Waals surface area contributed by atoms with Crippen LogP contribution >= 0.6 is 0 Å². The van der Waals surface area contributed by atoms with Crippen molar-refractivity contribution in [1.29, 1.82) is 0 Å². The van der Waals surface area contributed by atoms with Crippen molar-refractivity contribution in [3.05, 3.63) is 29.8 Å². The highest BCUT2D eigenvalue weighted by molar-refractivity contribution is 5.78. The molecule has 0 aromatic heterocycles. The summed E-state index contributed by atoms with van der Waals surface area (Å²) in [6.07, 6.45) is 2.14. The lowest BCUT2D eigenvalue weighted by atomic mass is 10.0. The number of para-hydroxylation sites is 1. The number of benzene rings is 1. The second kappa shape index (κ2) is 7.88. The van der Waals surface area contributed by atoms with Gasteiger partial charge in [-0.2, -0.15) is 0 Å². The molecule has 0 bridgehead atoms. The first-order valence-electron chi connectivity index (χ1n) is 9.12. The van der Waals surface area contributed by atoms with Gasteiger partial charge in [-0.25, -0.2) is 0 Å². The van der Waals surface area contributed by atoms with E-state index in [2.05, 4.69) is 35.1 Å². The number of fused-ring (bicyclic) bond motifs is 1. The fourth-order valence-electron chi connectivity index (χ4n) is 3.69. The third kappa shape index (κ3) is 4.41. The molecular formula is C19H30N4O. The molecule has 5 nitrogen and oxygen atoms in total. The van der Waals surface area contributed by atoms with E-state index in [0.29, 0.717) is 11.9 Å². The van der Waals surface area contributed by atoms with Crippen LogP contribution in [0, 0.1) is 11.8 Å². The maximum Gasteiger partial charge on any atom is 0.189 e. The van der Waals surface area contributed by atoms with E-state index in [-0.39, 0.29) is 6.04 Å². The van der Waals surface area contributed by atoms with Gasteiger partial charge < -0.3 is 20.7 Å². The molecule has 2 atom stereocenters.